The molecule has 0 aromatic heterocycles. The number of rotatable bonds is 3. The average molecular weight is 238 g/mol. The second-order valence-electron chi connectivity index (χ2n) is 5.70. The van der Waals surface area contributed by atoms with E-state index in [2.05, 4.69) is 17.6 Å². The second kappa shape index (κ2) is 6.39. The van der Waals surface area contributed by atoms with Gasteiger partial charge in [0.05, 0.1) is 6.04 Å². The summed E-state index contributed by atoms with van der Waals surface area (Å²) in [4.78, 5) is 12.1. The number of nitrogens with one attached hydrogen (secondary N) is 2. The monoisotopic (exact) mass is 238 g/mol. The summed E-state index contributed by atoms with van der Waals surface area (Å²) in [5.41, 5.74) is 0. The molecule has 2 N–H and O–H groups in total. The summed E-state index contributed by atoms with van der Waals surface area (Å²) >= 11 is 0. The predicted molar refractivity (Wildman–Crippen MR) is 69.8 cm³/mol. The zero-order chi connectivity index (χ0) is 12.1. The van der Waals surface area contributed by atoms with E-state index in [4.69, 9.17) is 0 Å². The lowest BCUT2D eigenvalue weighted by Crippen LogP contribution is -2.48. The molecule has 1 amide bonds. The highest BCUT2D eigenvalue weighted by atomic mass is 16.2. The molecule has 0 aromatic carbocycles. The summed E-state index contributed by atoms with van der Waals surface area (Å²) in [6.45, 7) is 3.17. The third-order valence-electron chi connectivity index (χ3n) is 4.35. The number of carbonyl (C=O) groups is 1. The minimum atomic E-state index is 0.0568. The first-order chi connectivity index (χ1) is 8.27. The average Bonchev–Trinajstić information content (AvgIpc) is 2.71. The summed E-state index contributed by atoms with van der Waals surface area (Å²) in [5.74, 6) is 0.941. The van der Waals surface area contributed by atoms with Gasteiger partial charge < -0.3 is 10.6 Å². The summed E-state index contributed by atoms with van der Waals surface area (Å²) in [6, 6.07) is 0.413. The van der Waals surface area contributed by atoms with Crippen LogP contribution in [0.15, 0.2) is 0 Å². The van der Waals surface area contributed by atoms with Crippen LogP contribution < -0.4 is 10.6 Å². The maximum atomic E-state index is 12.1. The number of hydrogen-bond donors (Lipinski definition) is 2. The molecule has 0 radical (unpaired) electrons. The molecule has 1 heterocycles. The van der Waals surface area contributed by atoms with E-state index in [1.54, 1.807) is 0 Å². The van der Waals surface area contributed by atoms with Crippen LogP contribution in [0.1, 0.15) is 58.3 Å². The Kier molecular flexibility index (Phi) is 4.84. The van der Waals surface area contributed by atoms with Gasteiger partial charge in [-0.15, -0.1) is 0 Å². The van der Waals surface area contributed by atoms with E-state index in [0.29, 0.717) is 12.0 Å². The maximum Gasteiger partial charge on any atom is 0.237 e. The van der Waals surface area contributed by atoms with Gasteiger partial charge >= 0.3 is 0 Å². The Labute approximate surface area is 105 Å². The van der Waals surface area contributed by atoms with Gasteiger partial charge in [0.2, 0.25) is 5.91 Å². The van der Waals surface area contributed by atoms with E-state index >= 15 is 0 Å². The number of amides is 1. The molecule has 2 aliphatic rings. The number of carbonyl (C=O) groups excluding carboxylic acids is 1. The minimum absolute atomic E-state index is 0.0568. The quantitative estimate of drug-likeness (QED) is 0.791. The van der Waals surface area contributed by atoms with Gasteiger partial charge in [-0.2, -0.15) is 0 Å². The Morgan fingerprint density at radius 2 is 1.82 bits per heavy atom. The fraction of sp³-hybridized carbons (Fsp3) is 0.929. The van der Waals surface area contributed by atoms with Crippen LogP contribution in [-0.4, -0.2) is 24.5 Å². The molecule has 2 fully saturated rings. The van der Waals surface area contributed by atoms with Gasteiger partial charge in [-0.1, -0.05) is 25.7 Å². The van der Waals surface area contributed by atoms with Crippen molar-refractivity contribution in [1.29, 1.82) is 0 Å². The van der Waals surface area contributed by atoms with E-state index in [-0.39, 0.29) is 11.9 Å². The van der Waals surface area contributed by atoms with Gasteiger partial charge in [0.25, 0.3) is 0 Å². The standard InChI is InChI=1S/C14H26N2O/c1-11(12-7-4-5-8-12)16-14(17)13-9-3-2-6-10-15-13/h11-13,15H,2-10H2,1H3,(H,16,17)/t11-,13?/m1/s1. The predicted octanol–water partition coefficient (Wildman–Crippen LogP) is 2.21. The number of hydrogen-bond acceptors (Lipinski definition) is 2. The Balaban J connectivity index is 1.78. The lowest BCUT2D eigenvalue weighted by molar-refractivity contribution is -0.124. The molecule has 0 bridgehead atoms. The van der Waals surface area contributed by atoms with Gasteiger partial charge in [0.15, 0.2) is 0 Å². The molecular formula is C14H26N2O. The zero-order valence-corrected chi connectivity index (χ0v) is 11.0. The third kappa shape index (κ3) is 3.70. The molecule has 0 aromatic rings. The highest BCUT2D eigenvalue weighted by molar-refractivity contribution is 5.82. The molecule has 2 atom stereocenters. The van der Waals surface area contributed by atoms with Crippen LogP contribution in [0.25, 0.3) is 0 Å². The van der Waals surface area contributed by atoms with Crippen molar-refractivity contribution >= 4 is 5.91 Å². The fourth-order valence-electron chi connectivity index (χ4n) is 3.15. The second-order valence-corrected chi connectivity index (χ2v) is 5.70. The fourth-order valence-corrected chi connectivity index (χ4v) is 3.15. The molecule has 1 aliphatic carbocycles. The molecule has 1 saturated heterocycles. The van der Waals surface area contributed by atoms with Crippen LogP contribution in [0.5, 0.6) is 0 Å². The zero-order valence-electron chi connectivity index (χ0n) is 11.0. The summed E-state index contributed by atoms with van der Waals surface area (Å²) < 4.78 is 0. The maximum absolute atomic E-state index is 12.1. The molecule has 3 heteroatoms. The van der Waals surface area contributed by atoms with Crippen molar-refractivity contribution in [3.05, 3.63) is 0 Å². The van der Waals surface area contributed by atoms with E-state index < -0.39 is 0 Å². The van der Waals surface area contributed by atoms with Gasteiger partial charge in [-0.3, -0.25) is 4.79 Å². The van der Waals surface area contributed by atoms with E-state index in [1.165, 1.54) is 44.9 Å². The highest BCUT2D eigenvalue weighted by Gasteiger charge is 2.26. The summed E-state index contributed by atoms with van der Waals surface area (Å²) in [5, 5.41) is 6.58. The smallest absolute Gasteiger partial charge is 0.237 e. The van der Waals surface area contributed by atoms with Crippen LogP contribution in [0.4, 0.5) is 0 Å². The molecule has 17 heavy (non-hydrogen) atoms. The van der Waals surface area contributed by atoms with Crippen molar-refractivity contribution in [1.82, 2.24) is 10.6 Å². The lowest BCUT2D eigenvalue weighted by Gasteiger charge is -2.23. The van der Waals surface area contributed by atoms with Gasteiger partial charge in [0, 0.05) is 6.04 Å². The molecule has 98 valence electrons. The molecular weight excluding hydrogens is 212 g/mol. The van der Waals surface area contributed by atoms with E-state index in [9.17, 15) is 4.79 Å². The molecule has 1 unspecified atom stereocenters. The SMILES string of the molecule is C[C@@H](NC(=O)C1CCCCCN1)C1CCCC1. The first-order valence-electron chi connectivity index (χ1n) is 7.31. The van der Waals surface area contributed by atoms with E-state index in [1.807, 2.05) is 0 Å². The largest absolute Gasteiger partial charge is 0.352 e. The van der Waals surface area contributed by atoms with Crippen LogP contribution in [0, 0.1) is 5.92 Å². The molecule has 1 saturated carbocycles. The van der Waals surface area contributed by atoms with Crippen molar-refractivity contribution in [2.24, 2.45) is 5.92 Å². The van der Waals surface area contributed by atoms with Crippen molar-refractivity contribution in [2.45, 2.75) is 70.4 Å². The summed E-state index contributed by atoms with van der Waals surface area (Å²) in [6.07, 6.45) is 9.92. The van der Waals surface area contributed by atoms with Crippen molar-refractivity contribution in [2.75, 3.05) is 6.54 Å². The van der Waals surface area contributed by atoms with Crippen molar-refractivity contribution in [3.63, 3.8) is 0 Å². The Hall–Kier alpha value is -0.570. The summed E-state index contributed by atoms with van der Waals surface area (Å²) in [7, 11) is 0. The molecule has 0 spiro atoms. The Morgan fingerprint density at radius 3 is 2.59 bits per heavy atom. The van der Waals surface area contributed by atoms with Crippen molar-refractivity contribution < 1.29 is 4.79 Å². The van der Waals surface area contributed by atoms with Crippen LogP contribution in [0.2, 0.25) is 0 Å². The van der Waals surface area contributed by atoms with Gasteiger partial charge in [-0.25, -0.2) is 0 Å². The normalized spacial score (nSPS) is 28.6. The Morgan fingerprint density at radius 1 is 1.12 bits per heavy atom. The molecule has 1 aliphatic heterocycles. The van der Waals surface area contributed by atoms with Crippen LogP contribution in [0.3, 0.4) is 0 Å². The molecule has 2 rings (SSSR count). The van der Waals surface area contributed by atoms with Gasteiger partial charge in [0.1, 0.15) is 0 Å². The third-order valence-corrected chi connectivity index (χ3v) is 4.35. The van der Waals surface area contributed by atoms with Crippen LogP contribution >= 0.6 is 0 Å². The first-order valence-corrected chi connectivity index (χ1v) is 7.31. The van der Waals surface area contributed by atoms with Gasteiger partial charge in [-0.05, 0) is 45.1 Å². The first kappa shape index (κ1) is 12.9. The lowest BCUT2D eigenvalue weighted by atomic mass is 9.99. The molecule has 3 nitrogen and oxygen atoms in total. The minimum Gasteiger partial charge on any atom is -0.352 e. The van der Waals surface area contributed by atoms with Crippen molar-refractivity contribution in [3.8, 4) is 0 Å². The Bertz CT molecular complexity index is 241. The topological polar surface area (TPSA) is 41.1 Å². The highest BCUT2D eigenvalue weighted by Crippen LogP contribution is 2.27. The van der Waals surface area contributed by atoms with Crippen LogP contribution in [-0.2, 0) is 4.79 Å². The van der Waals surface area contributed by atoms with E-state index in [0.717, 1.165) is 13.0 Å².